The molecule has 6 heteroatoms. The molecule has 0 fully saturated rings. The Labute approximate surface area is 179 Å². The van der Waals surface area contributed by atoms with E-state index >= 15 is 0 Å². The van der Waals surface area contributed by atoms with E-state index in [1.165, 1.54) is 42.2 Å². The van der Waals surface area contributed by atoms with Crippen LogP contribution in [-0.4, -0.2) is 23.0 Å². The molecule has 0 aliphatic carbocycles. The first kappa shape index (κ1) is 22.6. The fourth-order valence-corrected chi connectivity index (χ4v) is 4.00. The van der Waals surface area contributed by atoms with E-state index in [1.807, 2.05) is 12.3 Å². The van der Waals surface area contributed by atoms with Gasteiger partial charge in [-0.1, -0.05) is 61.4 Å². The van der Waals surface area contributed by atoms with Gasteiger partial charge in [0, 0.05) is 24.7 Å². The number of nitrogens with zero attached hydrogens (tertiary/aromatic N) is 1. The standard InChI is InChI=1S/C24H31N2O3P/c27-30(28)29-18-17-25-19-22-15-14-21(23-13-8-16-26-24(22)23)12-7-2-1-4-9-20-10-5-3-6-11-20/h3,5-6,8,10-11,13-16,25,30H,1-2,4,7,9,12,17-19H2,(H,27,28). The monoisotopic (exact) mass is 426 g/mol. The number of unbranched alkanes of at least 4 members (excludes halogenated alkanes) is 3. The van der Waals surface area contributed by atoms with E-state index in [2.05, 4.69) is 58.8 Å². The van der Waals surface area contributed by atoms with Crippen molar-refractivity contribution in [1.82, 2.24) is 10.3 Å². The van der Waals surface area contributed by atoms with Gasteiger partial charge in [-0.25, -0.2) is 0 Å². The fourth-order valence-electron chi connectivity index (χ4n) is 3.73. The van der Waals surface area contributed by atoms with Crippen LogP contribution in [0.15, 0.2) is 60.8 Å². The van der Waals surface area contributed by atoms with E-state index < -0.39 is 8.25 Å². The van der Waals surface area contributed by atoms with Crippen molar-refractivity contribution >= 4 is 19.2 Å². The lowest BCUT2D eigenvalue weighted by Gasteiger charge is -2.11. The van der Waals surface area contributed by atoms with Gasteiger partial charge < -0.3 is 14.7 Å². The summed E-state index contributed by atoms with van der Waals surface area (Å²) in [6, 6.07) is 19.2. The van der Waals surface area contributed by atoms with Gasteiger partial charge in [0.1, 0.15) is 0 Å². The van der Waals surface area contributed by atoms with Crippen molar-refractivity contribution in [1.29, 1.82) is 0 Å². The smallest absolute Gasteiger partial charge is 0.316 e. The maximum Gasteiger partial charge on any atom is 0.316 e. The molecule has 3 aromatic rings. The summed E-state index contributed by atoms with van der Waals surface area (Å²) in [5.41, 5.74) is 4.94. The van der Waals surface area contributed by atoms with E-state index in [9.17, 15) is 4.57 Å². The van der Waals surface area contributed by atoms with Crippen LogP contribution in [0.1, 0.15) is 42.4 Å². The molecule has 2 aromatic carbocycles. The van der Waals surface area contributed by atoms with Crippen LogP contribution in [0.4, 0.5) is 0 Å². The summed E-state index contributed by atoms with van der Waals surface area (Å²) in [6.45, 7) is 1.40. The van der Waals surface area contributed by atoms with Crippen molar-refractivity contribution in [3.8, 4) is 0 Å². The minimum absolute atomic E-state index is 0.224. The highest BCUT2D eigenvalue weighted by Gasteiger charge is 2.07. The maximum atomic E-state index is 10.6. The zero-order valence-electron chi connectivity index (χ0n) is 17.3. The van der Waals surface area contributed by atoms with Crippen molar-refractivity contribution in [3.05, 3.63) is 77.5 Å². The van der Waals surface area contributed by atoms with E-state index in [-0.39, 0.29) is 6.61 Å². The Hall–Kier alpha value is -2.04. The Bertz CT molecular complexity index is 934. The molecule has 1 unspecified atom stereocenters. The molecule has 2 N–H and O–H groups in total. The predicted octanol–water partition coefficient (Wildman–Crippen LogP) is 5.07. The van der Waals surface area contributed by atoms with Gasteiger partial charge in [0.15, 0.2) is 0 Å². The SMILES string of the molecule is O=[PH](O)OCCNCc1ccc(CCCCCCc2ccccc2)c2cccnc12. The van der Waals surface area contributed by atoms with Gasteiger partial charge in [-0.05, 0) is 48.4 Å². The van der Waals surface area contributed by atoms with Gasteiger partial charge in [-0.15, -0.1) is 0 Å². The molecule has 0 saturated heterocycles. The van der Waals surface area contributed by atoms with Gasteiger partial charge in [0.05, 0.1) is 12.1 Å². The van der Waals surface area contributed by atoms with Crippen LogP contribution >= 0.6 is 8.25 Å². The Morgan fingerprint density at radius 1 is 0.900 bits per heavy atom. The van der Waals surface area contributed by atoms with Crippen LogP contribution in [0.3, 0.4) is 0 Å². The van der Waals surface area contributed by atoms with E-state index in [1.54, 1.807) is 0 Å². The molecular weight excluding hydrogens is 395 g/mol. The minimum atomic E-state index is -2.85. The van der Waals surface area contributed by atoms with Crippen LogP contribution < -0.4 is 5.32 Å². The highest BCUT2D eigenvalue weighted by Crippen LogP contribution is 2.23. The molecule has 0 amide bonds. The van der Waals surface area contributed by atoms with E-state index in [0.717, 1.165) is 23.9 Å². The van der Waals surface area contributed by atoms with Crippen LogP contribution in [0, 0.1) is 0 Å². The average molecular weight is 426 g/mol. The second-order valence-electron chi connectivity index (χ2n) is 7.47. The Morgan fingerprint density at radius 2 is 1.67 bits per heavy atom. The fraction of sp³-hybridized carbons (Fsp3) is 0.375. The number of aromatic nitrogens is 1. The maximum absolute atomic E-state index is 10.6. The number of hydrogen-bond donors (Lipinski definition) is 2. The largest absolute Gasteiger partial charge is 0.326 e. The molecule has 0 aliphatic rings. The summed E-state index contributed by atoms with van der Waals surface area (Å²) in [6.07, 6.45) is 9.00. The molecule has 0 aliphatic heterocycles. The summed E-state index contributed by atoms with van der Waals surface area (Å²) in [5, 5.41) is 4.47. The third-order valence-electron chi connectivity index (χ3n) is 5.27. The molecule has 30 heavy (non-hydrogen) atoms. The van der Waals surface area contributed by atoms with Crippen LogP contribution in [0.25, 0.3) is 10.9 Å². The summed E-state index contributed by atoms with van der Waals surface area (Å²) in [4.78, 5) is 13.3. The van der Waals surface area contributed by atoms with Crippen LogP contribution in [-0.2, 0) is 28.5 Å². The van der Waals surface area contributed by atoms with Gasteiger partial charge >= 0.3 is 8.25 Å². The molecule has 0 saturated carbocycles. The van der Waals surface area contributed by atoms with Gasteiger partial charge in [0.25, 0.3) is 0 Å². The third kappa shape index (κ3) is 7.33. The lowest BCUT2D eigenvalue weighted by atomic mass is 9.98. The quantitative estimate of drug-likeness (QED) is 0.295. The molecular formula is C24H31N2O3P. The number of fused-ring (bicyclic) bond motifs is 1. The molecule has 1 aromatic heterocycles. The van der Waals surface area contributed by atoms with Crippen LogP contribution in [0.5, 0.6) is 0 Å². The number of rotatable bonds is 13. The Kier molecular flexibility index (Phi) is 9.52. The number of hydrogen-bond acceptors (Lipinski definition) is 4. The molecule has 0 bridgehead atoms. The van der Waals surface area contributed by atoms with E-state index in [0.29, 0.717) is 13.1 Å². The highest BCUT2D eigenvalue weighted by molar-refractivity contribution is 7.32. The Balaban J connectivity index is 1.47. The molecule has 0 spiro atoms. The predicted molar refractivity (Wildman–Crippen MR) is 123 cm³/mol. The average Bonchev–Trinajstić information content (AvgIpc) is 2.77. The lowest BCUT2D eigenvalue weighted by Crippen LogP contribution is -2.18. The van der Waals surface area contributed by atoms with Crippen molar-refractivity contribution in [2.75, 3.05) is 13.2 Å². The number of benzene rings is 2. The minimum Gasteiger partial charge on any atom is -0.326 e. The topological polar surface area (TPSA) is 71.5 Å². The molecule has 5 nitrogen and oxygen atoms in total. The molecule has 1 atom stereocenters. The van der Waals surface area contributed by atoms with Crippen LogP contribution in [0.2, 0.25) is 0 Å². The molecule has 160 valence electrons. The third-order valence-corrected chi connectivity index (χ3v) is 5.72. The van der Waals surface area contributed by atoms with Crippen molar-refractivity contribution in [3.63, 3.8) is 0 Å². The number of nitrogens with one attached hydrogen (secondary N) is 1. The van der Waals surface area contributed by atoms with E-state index in [4.69, 9.17) is 9.42 Å². The van der Waals surface area contributed by atoms with Crippen molar-refractivity contribution in [2.45, 2.75) is 45.1 Å². The Morgan fingerprint density at radius 3 is 2.47 bits per heavy atom. The summed E-state index contributed by atoms with van der Waals surface area (Å²) in [7, 11) is -2.85. The first-order valence-electron chi connectivity index (χ1n) is 10.7. The van der Waals surface area contributed by atoms with Crippen molar-refractivity contribution < 1.29 is 14.0 Å². The first-order chi connectivity index (χ1) is 14.7. The normalized spacial score (nSPS) is 12.3. The zero-order chi connectivity index (χ0) is 21.0. The second kappa shape index (κ2) is 12.6. The summed E-state index contributed by atoms with van der Waals surface area (Å²) in [5.74, 6) is 0. The zero-order valence-corrected chi connectivity index (χ0v) is 18.3. The van der Waals surface area contributed by atoms with Gasteiger partial charge in [-0.3, -0.25) is 9.55 Å². The number of aryl methyl sites for hydroxylation is 2. The first-order valence-corrected chi connectivity index (χ1v) is 12.0. The summed E-state index contributed by atoms with van der Waals surface area (Å²) >= 11 is 0. The molecule has 0 radical (unpaired) electrons. The van der Waals surface area contributed by atoms with Crippen molar-refractivity contribution in [2.24, 2.45) is 0 Å². The molecule has 3 rings (SSSR count). The second-order valence-corrected chi connectivity index (χ2v) is 8.29. The summed E-state index contributed by atoms with van der Waals surface area (Å²) < 4.78 is 15.3. The molecule has 1 heterocycles. The highest BCUT2D eigenvalue weighted by atomic mass is 31.1. The lowest BCUT2D eigenvalue weighted by molar-refractivity contribution is 0.280. The van der Waals surface area contributed by atoms with Gasteiger partial charge in [0.2, 0.25) is 0 Å². The number of pyridine rings is 1. The van der Waals surface area contributed by atoms with Gasteiger partial charge in [-0.2, -0.15) is 0 Å².